The van der Waals surface area contributed by atoms with Crippen molar-refractivity contribution in [1.82, 2.24) is 0 Å². The van der Waals surface area contributed by atoms with E-state index in [-0.39, 0.29) is 11.1 Å². The zero-order valence-electron chi connectivity index (χ0n) is 18.2. The van der Waals surface area contributed by atoms with Gasteiger partial charge in [0, 0.05) is 35.1 Å². The molecule has 1 amide bonds. The van der Waals surface area contributed by atoms with Crippen molar-refractivity contribution >= 4 is 44.9 Å². The molecule has 0 saturated carbocycles. The number of hydrogen-bond acceptors (Lipinski definition) is 7. The third-order valence-electron chi connectivity index (χ3n) is 5.04. The number of thiophene rings is 1. The summed E-state index contributed by atoms with van der Waals surface area (Å²) in [6, 6.07) is 9.13. The number of anilines is 2. The first-order valence-corrected chi connectivity index (χ1v) is 11.1. The summed E-state index contributed by atoms with van der Waals surface area (Å²) in [7, 11) is 1.31. The van der Waals surface area contributed by atoms with E-state index in [9.17, 15) is 9.59 Å². The number of amides is 1. The average molecular weight is 442 g/mol. The predicted octanol–water partition coefficient (Wildman–Crippen LogP) is 4.81. The smallest absolute Gasteiger partial charge is 0.340 e. The Labute approximate surface area is 185 Å². The molecule has 1 aromatic carbocycles. The maximum atomic E-state index is 12.9. The fourth-order valence-corrected chi connectivity index (χ4v) is 4.55. The summed E-state index contributed by atoms with van der Waals surface area (Å²) in [6.07, 6.45) is 1.72. The highest BCUT2D eigenvalue weighted by Gasteiger charge is 2.20. The molecule has 8 heteroatoms. The van der Waals surface area contributed by atoms with Crippen LogP contribution in [0.5, 0.6) is 0 Å². The van der Waals surface area contributed by atoms with Gasteiger partial charge in [-0.2, -0.15) is 0 Å². The quantitative estimate of drug-likeness (QED) is 0.489. The number of fused-ring (bicyclic) bond motifs is 1. The third kappa shape index (κ3) is 4.80. The highest BCUT2D eigenvalue weighted by molar-refractivity contribution is 7.16. The van der Waals surface area contributed by atoms with Gasteiger partial charge in [-0.25, -0.2) is 4.79 Å². The number of aryl methyl sites for hydroxylation is 1. The summed E-state index contributed by atoms with van der Waals surface area (Å²) in [5.74, 6) is -1.01. The Morgan fingerprint density at radius 1 is 1.13 bits per heavy atom. The first kappa shape index (κ1) is 22.6. The lowest BCUT2D eigenvalue weighted by Crippen LogP contribution is -2.22. The summed E-state index contributed by atoms with van der Waals surface area (Å²) in [5, 5.41) is 12.1. The van der Waals surface area contributed by atoms with Crippen molar-refractivity contribution in [3.63, 3.8) is 0 Å². The number of rotatable bonds is 8. The average Bonchev–Trinajstić information content (AvgIpc) is 3.15. The van der Waals surface area contributed by atoms with Crippen LogP contribution in [0.1, 0.15) is 52.8 Å². The van der Waals surface area contributed by atoms with E-state index in [2.05, 4.69) is 24.1 Å². The Hall–Kier alpha value is -3.13. The van der Waals surface area contributed by atoms with Crippen LogP contribution in [-0.4, -0.2) is 32.1 Å². The highest BCUT2D eigenvalue weighted by Crippen LogP contribution is 2.30. The second-order valence-corrected chi connectivity index (χ2v) is 8.17. The molecule has 3 rings (SSSR count). The molecule has 0 aliphatic rings. The van der Waals surface area contributed by atoms with Gasteiger partial charge in [-0.3, -0.25) is 10.2 Å². The summed E-state index contributed by atoms with van der Waals surface area (Å²) in [4.78, 5) is 28.2. The summed E-state index contributed by atoms with van der Waals surface area (Å²) < 4.78 is 10.5. The molecule has 0 spiro atoms. The molecule has 0 fully saturated rings. The number of nitrogens with zero attached hydrogens (tertiary/aromatic N) is 1. The van der Waals surface area contributed by atoms with Gasteiger partial charge in [-0.1, -0.05) is 13.3 Å². The van der Waals surface area contributed by atoms with Gasteiger partial charge in [-0.15, -0.1) is 11.3 Å². The Balaban J connectivity index is 1.94. The van der Waals surface area contributed by atoms with E-state index in [1.165, 1.54) is 18.4 Å². The van der Waals surface area contributed by atoms with Gasteiger partial charge in [0.15, 0.2) is 0 Å². The van der Waals surface area contributed by atoms with Gasteiger partial charge in [-0.05, 0) is 44.5 Å². The fourth-order valence-electron chi connectivity index (χ4n) is 3.41. The summed E-state index contributed by atoms with van der Waals surface area (Å²) >= 11 is 1.34. The van der Waals surface area contributed by atoms with Gasteiger partial charge >= 0.3 is 5.97 Å². The maximum absolute atomic E-state index is 12.9. The van der Waals surface area contributed by atoms with Crippen molar-refractivity contribution < 1.29 is 18.7 Å². The fraction of sp³-hybridized carbons (Fsp3) is 0.348. The molecule has 0 aliphatic heterocycles. The minimum atomic E-state index is -0.507. The Bertz CT molecular complexity index is 1160. The number of esters is 1. The number of carbonyl (C=O) groups excluding carboxylic acids is 2. The van der Waals surface area contributed by atoms with E-state index >= 15 is 0 Å². The topological polar surface area (TPSA) is 95.6 Å². The molecule has 0 bridgehead atoms. The van der Waals surface area contributed by atoms with Crippen LogP contribution in [0.3, 0.4) is 0 Å². The van der Waals surface area contributed by atoms with E-state index < -0.39 is 11.9 Å². The van der Waals surface area contributed by atoms with E-state index in [4.69, 9.17) is 14.6 Å². The van der Waals surface area contributed by atoms with Crippen LogP contribution >= 0.6 is 11.3 Å². The third-order valence-corrected chi connectivity index (χ3v) is 6.15. The van der Waals surface area contributed by atoms with Crippen LogP contribution in [0.4, 0.5) is 10.7 Å². The van der Waals surface area contributed by atoms with E-state index in [1.807, 2.05) is 25.1 Å². The maximum Gasteiger partial charge on any atom is 0.340 e. The molecule has 3 aromatic rings. The molecule has 0 saturated heterocycles. The Morgan fingerprint density at radius 2 is 1.87 bits per heavy atom. The lowest BCUT2D eigenvalue weighted by Gasteiger charge is -2.21. The second kappa shape index (κ2) is 9.78. The van der Waals surface area contributed by atoms with Crippen LogP contribution in [0.25, 0.3) is 11.0 Å². The normalized spacial score (nSPS) is 10.8. The molecule has 2 aromatic heterocycles. The molecule has 164 valence electrons. The van der Waals surface area contributed by atoms with Crippen molar-refractivity contribution in [2.45, 2.75) is 33.6 Å². The van der Waals surface area contributed by atoms with Gasteiger partial charge < -0.3 is 19.4 Å². The zero-order valence-corrected chi connectivity index (χ0v) is 19.0. The van der Waals surface area contributed by atoms with Crippen LogP contribution in [-0.2, 0) is 11.2 Å². The Morgan fingerprint density at radius 3 is 2.52 bits per heavy atom. The number of ether oxygens (including phenoxy) is 1. The zero-order chi connectivity index (χ0) is 22.5. The Kier molecular flexibility index (Phi) is 7.12. The SMILES string of the molecule is CCCc1cc(C(=O)OC)c(NC(=O)c2cc3ccc(N(CC)CC)cc3oc2=N)s1. The molecular weight excluding hydrogens is 414 g/mol. The summed E-state index contributed by atoms with van der Waals surface area (Å²) in [6.45, 7) is 7.92. The number of methoxy groups -OCH3 is 1. The molecule has 0 aliphatic carbocycles. The van der Waals surface area contributed by atoms with Crippen molar-refractivity contribution in [3.8, 4) is 0 Å². The molecule has 7 nitrogen and oxygen atoms in total. The van der Waals surface area contributed by atoms with Gasteiger partial charge in [0.1, 0.15) is 16.1 Å². The van der Waals surface area contributed by atoms with E-state index in [0.717, 1.165) is 41.9 Å². The number of carbonyl (C=O) groups is 2. The van der Waals surface area contributed by atoms with Crippen molar-refractivity contribution in [2.75, 3.05) is 30.4 Å². The van der Waals surface area contributed by atoms with E-state index in [1.54, 1.807) is 12.1 Å². The van der Waals surface area contributed by atoms with Gasteiger partial charge in [0.25, 0.3) is 5.91 Å². The summed E-state index contributed by atoms with van der Waals surface area (Å²) in [5.41, 5.74) is 1.73. The second-order valence-electron chi connectivity index (χ2n) is 7.03. The lowest BCUT2D eigenvalue weighted by molar-refractivity contribution is 0.0602. The first-order chi connectivity index (χ1) is 14.9. The minimum Gasteiger partial charge on any atom is -0.465 e. The van der Waals surface area contributed by atoms with Crippen molar-refractivity contribution in [1.29, 1.82) is 5.41 Å². The van der Waals surface area contributed by atoms with Crippen LogP contribution < -0.4 is 15.8 Å². The van der Waals surface area contributed by atoms with Crippen molar-refractivity contribution in [2.24, 2.45) is 0 Å². The number of hydrogen-bond donors (Lipinski definition) is 2. The highest BCUT2D eigenvalue weighted by atomic mass is 32.1. The monoisotopic (exact) mass is 441 g/mol. The predicted molar refractivity (Wildman–Crippen MR) is 123 cm³/mol. The largest absolute Gasteiger partial charge is 0.465 e. The molecule has 2 N–H and O–H groups in total. The molecule has 0 atom stereocenters. The van der Waals surface area contributed by atoms with E-state index in [0.29, 0.717) is 16.1 Å². The van der Waals surface area contributed by atoms with Crippen molar-refractivity contribution in [3.05, 3.63) is 51.9 Å². The van der Waals surface area contributed by atoms with Gasteiger partial charge in [0.2, 0.25) is 5.55 Å². The molecule has 0 radical (unpaired) electrons. The lowest BCUT2D eigenvalue weighted by atomic mass is 10.1. The first-order valence-electron chi connectivity index (χ1n) is 10.3. The number of nitrogens with one attached hydrogen (secondary N) is 2. The molecule has 0 unspecified atom stereocenters. The van der Waals surface area contributed by atoms with Gasteiger partial charge in [0.05, 0.1) is 12.7 Å². The molecular formula is C23H27N3O4S. The van der Waals surface area contributed by atoms with Crippen LogP contribution in [0.2, 0.25) is 0 Å². The van der Waals surface area contributed by atoms with Crippen LogP contribution in [0, 0.1) is 5.41 Å². The van der Waals surface area contributed by atoms with Crippen LogP contribution in [0.15, 0.2) is 34.7 Å². The minimum absolute atomic E-state index is 0.101. The molecule has 31 heavy (non-hydrogen) atoms. The molecule has 2 heterocycles. The number of benzene rings is 1. The standard InChI is InChI=1S/C23H27N3O4S/c1-5-8-16-13-18(23(28)29-4)22(31-16)25-21(27)17-11-14-9-10-15(26(6-2)7-3)12-19(14)30-20(17)24/h9-13,24H,5-8H2,1-4H3,(H,25,27).